The van der Waals surface area contributed by atoms with Gasteiger partial charge in [0.15, 0.2) is 0 Å². The Morgan fingerprint density at radius 2 is 2.04 bits per heavy atom. The average molecular weight is 348 g/mol. The molecule has 0 spiro atoms. The van der Waals surface area contributed by atoms with Crippen LogP contribution in [0.5, 0.6) is 0 Å². The molecule has 0 bridgehead atoms. The van der Waals surface area contributed by atoms with E-state index in [0.717, 1.165) is 31.5 Å². The summed E-state index contributed by atoms with van der Waals surface area (Å²) >= 11 is 0. The standard InChI is InChI=1S/C16H24N6O3/c1-12-5-6-14-13(11-12)19-15(20-22(14)25)17-7-3-9-21(2)10-4-8-18-16(23)24/h5-6,11,18H,3-4,7-10H2,1-2H3,(H,23,24)(H,17,19,20). The van der Waals surface area contributed by atoms with Gasteiger partial charge in [-0.3, -0.25) is 0 Å². The van der Waals surface area contributed by atoms with Gasteiger partial charge in [-0.25, -0.2) is 9.78 Å². The molecule has 9 heteroatoms. The summed E-state index contributed by atoms with van der Waals surface area (Å²) in [5, 5.41) is 29.7. The van der Waals surface area contributed by atoms with Crippen molar-refractivity contribution in [3.8, 4) is 0 Å². The molecular weight excluding hydrogens is 324 g/mol. The number of fused-ring (bicyclic) bond motifs is 1. The molecule has 1 heterocycles. The molecule has 1 aromatic heterocycles. The first-order valence-electron chi connectivity index (χ1n) is 8.23. The summed E-state index contributed by atoms with van der Waals surface area (Å²) in [4.78, 5) is 17.4. The molecule has 0 fully saturated rings. The summed E-state index contributed by atoms with van der Waals surface area (Å²) in [7, 11) is 1.99. The normalized spacial score (nSPS) is 11.0. The van der Waals surface area contributed by atoms with Crippen LogP contribution in [0, 0.1) is 12.1 Å². The summed E-state index contributed by atoms with van der Waals surface area (Å²) in [5.41, 5.74) is 2.11. The van der Waals surface area contributed by atoms with Crippen LogP contribution in [0.4, 0.5) is 10.7 Å². The topological polar surface area (TPSA) is 117 Å². The summed E-state index contributed by atoms with van der Waals surface area (Å²) in [6, 6.07) is 5.43. The van der Waals surface area contributed by atoms with Crippen molar-refractivity contribution in [3.63, 3.8) is 0 Å². The molecule has 0 aliphatic rings. The first kappa shape index (κ1) is 18.7. The third-order valence-corrected chi connectivity index (χ3v) is 3.74. The number of nitrogens with one attached hydrogen (secondary N) is 2. The molecule has 0 aliphatic heterocycles. The van der Waals surface area contributed by atoms with Crippen LogP contribution in [0.25, 0.3) is 11.0 Å². The predicted molar refractivity (Wildman–Crippen MR) is 94.5 cm³/mol. The maximum Gasteiger partial charge on any atom is 0.404 e. The van der Waals surface area contributed by atoms with Gasteiger partial charge in [-0.15, -0.1) is 0 Å². The molecule has 3 N–H and O–H groups in total. The monoisotopic (exact) mass is 348 g/mol. The van der Waals surface area contributed by atoms with Gasteiger partial charge in [0.05, 0.1) is 5.10 Å². The van der Waals surface area contributed by atoms with Crippen molar-refractivity contribution in [2.24, 2.45) is 0 Å². The van der Waals surface area contributed by atoms with Crippen LogP contribution in [-0.2, 0) is 0 Å². The molecule has 25 heavy (non-hydrogen) atoms. The van der Waals surface area contributed by atoms with Crippen molar-refractivity contribution in [2.75, 3.05) is 38.5 Å². The molecule has 9 nitrogen and oxygen atoms in total. The number of hydrogen-bond acceptors (Lipinski definition) is 6. The molecule has 2 aromatic rings. The highest BCUT2D eigenvalue weighted by Crippen LogP contribution is 2.10. The van der Waals surface area contributed by atoms with E-state index in [1.807, 2.05) is 26.1 Å². The number of carboxylic acid groups (broad SMARTS) is 1. The van der Waals surface area contributed by atoms with Gasteiger partial charge in [0, 0.05) is 19.2 Å². The van der Waals surface area contributed by atoms with E-state index in [9.17, 15) is 10.0 Å². The fourth-order valence-corrected chi connectivity index (χ4v) is 2.44. The quantitative estimate of drug-likeness (QED) is 0.351. The minimum absolute atomic E-state index is 0.321. The zero-order valence-corrected chi connectivity index (χ0v) is 14.5. The van der Waals surface area contributed by atoms with Crippen LogP contribution >= 0.6 is 0 Å². The van der Waals surface area contributed by atoms with E-state index in [1.54, 1.807) is 6.07 Å². The lowest BCUT2D eigenvalue weighted by Gasteiger charge is -2.16. The van der Waals surface area contributed by atoms with Gasteiger partial charge in [0.1, 0.15) is 5.52 Å². The van der Waals surface area contributed by atoms with E-state index < -0.39 is 6.09 Å². The molecular formula is C16H24N6O3. The third kappa shape index (κ3) is 6.03. The van der Waals surface area contributed by atoms with Crippen LogP contribution < -0.4 is 15.5 Å². The predicted octanol–water partition coefficient (Wildman–Crippen LogP) is 0.963. The van der Waals surface area contributed by atoms with Crippen molar-refractivity contribution < 1.29 is 14.7 Å². The molecule has 0 atom stereocenters. The van der Waals surface area contributed by atoms with E-state index in [1.165, 1.54) is 0 Å². The van der Waals surface area contributed by atoms with Crippen molar-refractivity contribution in [2.45, 2.75) is 19.8 Å². The highest BCUT2D eigenvalue weighted by molar-refractivity contribution is 5.72. The zero-order chi connectivity index (χ0) is 18.2. The Morgan fingerprint density at radius 1 is 1.32 bits per heavy atom. The number of aryl methyl sites for hydroxylation is 1. The third-order valence-electron chi connectivity index (χ3n) is 3.74. The maximum absolute atomic E-state index is 11.9. The van der Waals surface area contributed by atoms with Crippen molar-refractivity contribution in [3.05, 3.63) is 29.0 Å². The smallest absolute Gasteiger partial charge is 0.404 e. The first-order chi connectivity index (χ1) is 12.0. The Morgan fingerprint density at radius 3 is 2.76 bits per heavy atom. The largest absolute Gasteiger partial charge is 0.594 e. The molecule has 0 saturated carbocycles. The second-order valence-corrected chi connectivity index (χ2v) is 5.97. The second kappa shape index (κ2) is 8.97. The lowest BCUT2D eigenvalue weighted by Crippen LogP contribution is -2.34. The van der Waals surface area contributed by atoms with E-state index >= 15 is 0 Å². The van der Waals surface area contributed by atoms with Gasteiger partial charge >= 0.3 is 6.09 Å². The van der Waals surface area contributed by atoms with Crippen LogP contribution in [-0.4, -0.2) is 59.4 Å². The first-order valence-corrected chi connectivity index (χ1v) is 8.23. The Hall–Kier alpha value is -2.68. The number of anilines is 1. The lowest BCUT2D eigenvalue weighted by molar-refractivity contribution is -0.641. The lowest BCUT2D eigenvalue weighted by atomic mass is 10.2. The Bertz CT molecular complexity index is 724. The van der Waals surface area contributed by atoms with Crippen LogP contribution in [0.2, 0.25) is 0 Å². The molecule has 136 valence electrons. The van der Waals surface area contributed by atoms with Crippen molar-refractivity contribution in [1.29, 1.82) is 0 Å². The summed E-state index contributed by atoms with van der Waals surface area (Å²) < 4.78 is 0. The molecule has 1 aromatic carbocycles. The number of nitrogens with zero attached hydrogens (tertiary/aromatic N) is 4. The van der Waals surface area contributed by atoms with Gasteiger partial charge in [-0.05, 0) is 56.4 Å². The van der Waals surface area contributed by atoms with Gasteiger partial charge in [0.2, 0.25) is 0 Å². The second-order valence-electron chi connectivity index (χ2n) is 5.97. The van der Waals surface area contributed by atoms with Crippen molar-refractivity contribution >= 4 is 23.1 Å². The molecule has 1 amide bonds. The number of hydrogen-bond donors (Lipinski definition) is 3. The number of aromatic nitrogens is 3. The van der Waals surface area contributed by atoms with Crippen LogP contribution in [0.1, 0.15) is 18.4 Å². The van der Waals surface area contributed by atoms with Crippen LogP contribution in [0.15, 0.2) is 18.2 Å². The molecule has 0 radical (unpaired) electrons. The van der Waals surface area contributed by atoms with Gasteiger partial charge in [0.25, 0.3) is 11.5 Å². The zero-order valence-electron chi connectivity index (χ0n) is 14.5. The summed E-state index contributed by atoms with van der Waals surface area (Å²) in [6.45, 7) is 4.71. The average Bonchev–Trinajstić information content (AvgIpc) is 2.55. The van der Waals surface area contributed by atoms with Gasteiger partial charge in [-0.1, -0.05) is 6.07 Å². The maximum atomic E-state index is 11.9. The Balaban J connectivity index is 1.74. The van der Waals surface area contributed by atoms with E-state index in [-0.39, 0.29) is 0 Å². The minimum Gasteiger partial charge on any atom is -0.594 e. The van der Waals surface area contributed by atoms with E-state index in [0.29, 0.717) is 34.9 Å². The fourth-order valence-electron chi connectivity index (χ4n) is 2.44. The van der Waals surface area contributed by atoms with E-state index in [4.69, 9.17) is 5.11 Å². The number of benzene rings is 1. The SMILES string of the molecule is Cc1ccc2c(c1)nc(NCCCN(C)CCCNC(=O)O)n[n+]2[O-]. The van der Waals surface area contributed by atoms with Crippen LogP contribution in [0.3, 0.4) is 0 Å². The molecule has 0 aliphatic carbocycles. The Kier molecular flexibility index (Phi) is 6.70. The van der Waals surface area contributed by atoms with E-state index in [2.05, 4.69) is 25.6 Å². The van der Waals surface area contributed by atoms with Gasteiger partial charge < -0.3 is 25.8 Å². The van der Waals surface area contributed by atoms with Crippen molar-refractivity contribution in [1.82, 2.24) is 20.3 Å². The minimum atomic E-state index is -0.993. The van der Waals surface area contributed by atoms with Gasteiger partial charge in [-0.2, -0.15) is 0 Å². The fraction of sp³-hybridized carbons (Fsp3) is 0.500. The molecule has 0 saturated heterocycles. The summed E-state index contributed by atoms with van der Waals surface area (Å²) in [6.07, 6.45) is 0.629. The Labute approximate surface area is 146 Å². The summed E-state index contributed by atoms with van der Waals surface area (Å²) in [5.74, 6) is 0.321. The highest BCUT2D eigenvalue weighted by Gasteiger charge is 2.10. The number of carbonyl (C=O) groups is 1. The highest BCUT2D eigenvalue weighted by atomic mass is 16.5. The molecule has 2 rings (SSSR count). The molecule has 0 unspecified atom stereocenters. The number of rotatable bonds is 9. The number of amides is 1.